The van der Waals surface area contributed by atoms with Gasteiger partial charge in [-0.2, -0.15) is 0 Å². The van der Waals surface area contributed by atoms with E-state index in [0.29, 0.717) is 11.4 Å². The van der Waals surface area contributed by atoms with Crippen LogP contribution in [0.2, 0.25) is 5.02 Å². The molecule has 1 aliphatic rings. The molecule has 1 atom stereocenters. The van der Waals surface area contributed by atoms with Gasteiger partial charge in [-0.3, -0.25) is 4.79 Å². The molecule has 0 aliphatic carbocycles. The number of hydrogen-bond donors (Lipinski definition) is 1. The molecule has 3 aromatic rings. The average Bonchev–Trinajstić information content (AvgIpc) is 2.54. The number of halogens is 1. The Morgan fingerprint density at radius 2 is 1.73 bits per heavy atom. The topological polar surface area (TPSA) is 29.1 Å². The minimum atomic E-state index is -0.198. The Balaban J connectivity index is 2.00. The molecule has 108 valence electrons. The lowest BCUT2D eigenvalue weighted by Crippen LogP contribution is -2.36. The van der Waals surface area contributed by atoms with Gasteiger partial charge in [0.25, 0.3) is 0 Å². The van der Waals surface area contributed by atoms with Crippen molar-refractivity contribution in [2.24, 2.45) is 0 Å². The Bertz CT molecular complexity index is 887. The highest BCUT2D eigenvalue weighted by molar-refractivity contribution is 6.32. The van der Waals surface area contributed by atoms with Crippen LogP contribution in [0.5, 0.6) is 0 Å². The third-order valence-corrected chi connectivity index (χ3v) is 4.56. The van der Waals surface area contributed by atoms with Crippen molar-refractivity contribution in [3.05, 3.63) is 82.4 Å². The van der Waals surface area contributed by atoms with Crippen LogP contribution in [0.4, 0.5) is 0 Å². The van der Waals surface area contributed by atoms with E-state index in [-0.39, 0.29) is 11.9 Å². The normalized spacial score (nSPS) is 17.1. The molecule has 1 unspecified atom stereocenters. The zero-order valence-electron chi connectivity index (χ0n) is 11.8. The van der Waals surface area contributed by atoms with Crippen molar-refractivity contribution >= 4 is 28.3 Å². The first kappa shape index (κ1) is 13.4. The lowest BCUT2D eigenvalue weighted by atomic mass is 9.87. The van der Waals surface area contributed by atoms with E-state index in [1.165, 1.54) is 0 Å². The van der Waals surface area contributed by atoms with Gasteiger partial charge in [0, 0.05) is 10.6 Å². The number of benzene rings is 3. The van der Waals surface area contributed by atoms with E-state index in [4.69, 9.17) is 11.6 Å². The summed E-state index contributed by atoms with van der Waals surface area (Å²) in [4.78, 5) is 12.1. The van der Waals surface area contributed by atoms with Crippen LogP contribution >= 0.6 is 11.6 Å². The zero-order chi connectivity index (χ0) is 15.1. The van der Waals surface area contributed by atoms with Gasteiger partial charge in [-0.25, -0.2) is 0 Å². The van der Waals surface area contributed by atoms with Gasteiger partial charge >= 0.3 is 0 Å². The van der Waals surface area contributed by atoms with Gasteiger partial charge in [0.1, 0.15) is 0 Å². The lowest BCUT2D eigenvalue weighted by molar-refractivity contribution is -0.121. The van der Waals surface area contributed by atoms with Gasteiger partial charge in [0.2, 0.25) is 5.91 Å². The molecule has 1 N–H and O–H groups in total. The minimum absolute atomic E-state index is 0.0349. The molecule has 2 nitrogen and oxygen atoms in total. The summed E-state index contributed by atoms with van der Waals surface area (Å²) in [6, 6.07) is 19.9. The predicted octanol–water partition coefficient (Wildman–Crippen LogP) is 4.25. The highest BCUT2D eigenvalue weighted by Crippen LogP contribution is 2.37. The zero-order valence-corrected chi connectivity index (χ0v) is 12.6. The molecule has 0 fully saturated rings. The largest absolute Gasteiger partial charge is 0.345 e. The van der Waals surface area contributed by atoms with Crippen molar-refractivity contribution in [3.63, 3.8) is 0 Å². The fourth-order valence-electron chi connectivity index (χ4n) is 3.23. The molecule has 4 rings (SSSR count). The summed E-state index contributed by atoms with van der Waals surface area (Å²) >= 11 is 6.50. The molecule has 0 saturated heterocycles. The maximum absolute atomic E-state index is 12.1. The van der Waals surface area contributed by atoms with Gasteiger partial charge in [-0.1, -0.05) is 66.2 Å². The second-order valence-corrected chi connectivity index (χ2v) is 5.97. The van der Waals surface area contributed by atoms with Crippen molar-refractivity contribution in [2.45, 2.75) is 12.5 Å². The first-order valence-electron chi connectivity index (χ1n) is 7.28. The maximum Gasteiger partial charge on any atom is 0.225 e. The molecule has 0 radical (unpaired) electrons. The molecule has 1 amide bonds. The van der Waals surface area contributed by atoms with Gasteiger partial charge in [0.15, 0.2) is 0 Å². The molecule has 0 aromatic heterocycles. The summed E-state index contributed by atoms with van der Waals surface area (Å²) in [5.74, 6) is 0.0349. The van der Waals surface area contributed by atoms with Crippen molar-refractivity contribution in [2.75, 3.05) is 0 Å². The van der Waals surface area contributed by atoms with Crippen LogP contribution in [0.15, 0.2) is 60.7 Å². The number of amides is 1. The molecular formula is C19H14ClNO. The average molecular weight is 308 g/mol. The monoisotopic (exact) mass is 307 g/mol. The minimum Gasteiger partial charge on any atom is -0.345 e. The predicted molar refractivity (Wildman–Crippen MR) is 89.1 cm³/mol. The van der Waals surface area contributed by atoms with Crippen molar-refractivity contribution in [1.29, 1.82) is 0 Å². The summed E-state index contributed by atoms with van der Waals surface area (Å²) in [7, 11) is 0. The van der Waals surface area contributed by atoms with E-state index >= 15 is 0 Å². The van der Waals surface area contributed by atoms with Gasteiger partial charge in [-0.05, 0) is 28.0 Å². The van der Waals surface area contributed by atoms with Gasteiger partial charge < -0.3 is 5.32 Å². The van der Waals surface area contributed by atoms with Crippen molar-refractivity contribution < 1.29 is 4.79 Å². The summed E-state index contributed by atoms with van der Waals surface area (Å²) in [5.41, 5.74) is 3.17. The van der Waals surface area contributed by atoms with E-state index in [9.17, 15) is 4.79 Å². The molecule has 1 aliphatic heterocycles. The Hall–Kier alpha value is -2.32. The molecule has 22 heavy (non-hydrogen) atoms. The standard InChI is InChI=1S/C19H14ClNO/c20-16-10-9-12-5-1-3-7-14(12)18(16)19-15-8-4-2-6-13(15)11-17(22)21-19/h1-10,19H,11H2,(H,21,22). The summed E-state index contributed by atoms with van der Waals surface area (Å²) in [6.45, 7) is 0. The maximum atomic E-state index is 12.1. The van der Waals surface area contributed by atoms with E-state index in [1.54, 1.807) is 0 Å². The third-order valence-electron chi connectivity index (χ3n) is 4.23. The molecule has 1 heterocycles. The Morgan fingerprint density at radius 1 is 0.955 bits per heavy atom. The summed E-state index contributed by atoms with van der Waals surface area (Å²) in [5, 5.41) is 5.98. The highest BCUT2D eigenvalue weighted by Gasteiger charge is 2.28. The molecule has 3 aromatic carbocycles. The Kier molecular flexibility index (Phi) is 3.12. The third kappa shape index (κ3) is 2.08. The van der Waals surface area contributed by atoms with E-state index in [2.05, 4.69) is 23.5 Å². The van der Waals surface area contributed by atoms with Gasteiger partial charge in [0.05, 0.1) is 12.5 Å². The SMILES string of the molecule is O=C1Cc2ccccc2C(c2c(Cl)ccc3ccccc23)N1. The van der Waals surface area contributed by atoms with Crippen LogP contribution in [-0.2, 0) is 11.2 Å². The van der Waals surface area contributed by atoms with E-state index < -0.39 is 0 Å². The molecular weight excluding hydrogens is 294 g/mol. The second kappa shape index (κ2) is 5.15. The van der Waals surface area contributed by atoms with Crippen molar-refractivity contribution in [1.82, 2.24) is 5.32 Å². The Morgan fingerprint density at radius 3 is 2.64 bits per heavy atom. The fourth-order valence-corrected chi connectivity index (χ4v) is 3.50. The second-order valence-electron chi connectivity index (χ2n) is 5.56. The number of fused-ring (bicyclic) bond motifs is 2. The molecule has 0 bridgehead atoms. The summed E-state index contributed by atoms with van der Waals surface area (Å²) in [6.07, 6.45) is 0.426. The number of nitrogens with one attached hydrogen (secondary N) is 1. The number of carbonyl (C=O) groups excluding carboxylic acids is 1. The van der Waals surface area contributed by atoms with Crippen LogP contribution in [0, 0.1) is 0 Å². The fraction of sp³-hybridized carbons (Fsp3) is 0.105. The van der Waals surface area contributed by atoms with Gasteiger partial charge in [-0.15, -0.1) is 0 Å². The van der Waals surface area contributed by atoms with Crippen LogP contribution in [-0.4, -0.2) is 5.91 Å². The van der Waals surface area contributed by atoms with Crippen LogP contribution < -0.4 is 5.32 Å². The Labute approximate surface area is 133 Å². The number of carbonyl (C=O) groups is 1. The first-order chi connectivity index (χ1) is 10.7. The molecule has 0 spiro atoms. The lowest BCUT2D eigenvalue weighted by Gasteiger charge is -2.28. The summed E-state index contributed by atoms with van der Waals surface area (Å²) < 4.78 is 0. The quantitative estimate of drug-likeness (QED) is 0.715. The van der Waals surface area contributed by atoms with Crippen LogP contribution in [0.3, 0.4) is 0 Å². The first-order valence-corrected chi connectivity index (χ1v) is 7.66. The van der Waals surface area contributed by atoms with Crippen LogP contribution in [0.1, 0.15) is 22.7 Å². The van der Waals surface area contributed by atoms with E-state index in [0.717, 1.165) is 27.5 Å². The smallest absolute Gasteiger partial charge is 0.225 e. The molecule has 0 saturated carbocycles. The number of hydrogen-bond acceptors (Lipinski definition) is 1. The molecule has 3 heteroatoms. The van der Waals surface area contributed by atoms with Crippen LogP contribution in [0.25, 0.3) is 10.8 Å². The highest BCUT2D eigenvalue weighted by atomic mass is 35.5. The number of rotatable bonds is 1. The van der Waals surface area contributed by atoms with E-state index in [1.807, 2.05) is 42.5 Å². The van der Waals surface area contributed by atoms with Crippen molar-refractivity contribution in [3.8, 4) is 0 Å².